The first-order valence-electron chi connectivity index (χ1n) is 5.80. The molecule has 1 aromatic rings. The molecule has 0 aromatic heterocycles. The number of hydrogen-bond acceptors (Lipinski definition) is 3. The summed E-state index contributed by atoms with van der Waals surface area (Å²) in [4.78, 5) is 4.46. The zero-order valence-corrected chi connectivity index (χ0v) is 11.1. The van der Waals surface area contributed by atoms with E-state index in [2.05, 4.69) is 24.2 Å². The van der Waals surface area contributed by atoms with Crippen LogP contribution in [0.1, 0.15) is 19.4 Å². The van der Waals surface area contributed by atoms with Crippen LogP contribution in [0.15, 0.2) is 23.2 Å². The third-order valence-electron chi connectivity index (χ3n) is 2.83. The fourth-order valence-electron chi connectivity index (χ4n) is 1.65. The molecule has 0 bridgehead atoms. The summed E-state index contributed by atoms with van der Waals surface area (Å²) in [5, 5.41) is 4.73. The summed E-state index contributed by atoms with van der Waals surface area (Å²) in [5.74, 6) is 0.453. The summed E-state index contributed by atoms with van der Waals surface area (Å²) in [6.07, 6.45) is 0. The molecular formula is C13H17FN2S. The van der Waals surface area contributed by atoms with Gasteiger partial charge in [0.05, 0.1) is 6.54 Å². The van der Waals surface area contributed by atoms with Crippen molar-refractivity contribution in [2.45, 2.75) is 26.0 Å². The minimum Gasteiger partial charge on any atom is -0.335 e. The molecule has 0 saturated carbocycles. The van der Waals surface area contributed by atoms with Crippen LogP contribution >= 0.6 is 11.8 Å². The largest absolute Gasteiger partial charge is 0.335 e. The van der Waals surface area contributed by atoms with Crippen molar-refractivity contribution in [2.75, 3.05) is 11.9 Å². The Morgan fingerprint density at radius 1 is 1.47 bits per heavy atom. The van der Waals surface area contributed by atoms with Gasteiger partial charge < -0.3 is 5.32 Å². The number of halogens is 1. The zero-order valence-electron chi connectivity index (χ0n) is 10.3. The van der Waals surface area contributed by atoms with Crippen LogP contribution < -0.4 is 5.32 Å². The summed E-state index contributed by atoms with van der Waals surface area (Å²) >= 11 is 1.77. The maximum absolute atomic E-state index is 13.1. The van der Waals surface area contributed by atoms with Gasteiger partial charge >= 0.3 is 0 Å². The highest BCUT2D eigenvalue weighted by molar-refractivity contribution is 8.15. The van der Waals surface area contributed by atoms with Crippen molar-refractivity contribution in [1.82, 2.24) is 0 Å². The Kier molecular flexibility index (Phi) is 3.72. The van der Waals surface area contributed by atoms with Gasteiger partial charge in [-0.05, 0) is 36.6 Å². The molecule has 1 atom stereocenters. The lowest BCUT2D eigenvalue weighted by atomic mass is 10.1. The van der Waals surface area contributed by atoms with Gasteiger partial charge in [-0.1, -0.05) is 25.6 Å². The maximum atomic E-state index is 13.1. The molecule has 1 unspecified atom stereocenters. The van der Waals surface area contributed by atoms with E-state index < -0.39 is 0 Å². The Labute approximate surface area is 106 Å². The van der Waals surface area contributed by atoms with Gasteiger partial charge in [-0.2, -0.15) is 0 Å². The average molecular weight is 252 g/mol. The molecule has 0 spiro atoms. The molecule has 2 nitrogen and oxygen atoms in total. The van der Waals surface area contributed by atoms with Crippen LogP contribution in [-0.2, 0) is 0 Å². The van der Waals surface area contributed by atoms with Crippen LogP contribution in [0, 0.1) is 18.7 Å². The Morgan fingerprint density at radius 3 is 2.82 bits per heavy atom. The third-order valence-corrected chi connectivity index (χ3v) is 4.28. The monoisotopic (exact) mass is 252 g/mol. The Morgan fingerprint density at radius 2 is 2.24 bits per heavy atom. The molecule has 1 aromatic carbocycles. The van der Waals surface area contributed by atoms with Gasteiger partial charge in [-0.25, -0.2) is 4.39 Å². The molecule has 17 heavy (non-hydrogen) atoms. The Balaban J connectivity index is 2.00. The summed E-state index contributed by atoms with van der Waals surface area (Å²) in [6, 6.07) is 5.03. The lowest BCUT2D eigenvalue weighted by molar-refractivity contribution is 0.619. The van der Waals surface area contributed by atoms with Crippen LogP contribution in [0.5, 0.6) is 0 Å². The SMILES string of the molecule is Cc1cc(NC2=NCC(C(C)C)S2)ccc1F. The van der Waals surface area contributed by atoms with Crippen LogP contribution in [0.4, 0.5) is 10.1 Å². The molecule has 1 heterocycles. The van der Waals surface area contributed by atoms with Gasteiger partial charge in [-0.3, -0.25) is 4.99 Å². The molecule has 1 aliphatic rings. The molecule has 0 radical (unpaired) electrons. The number of rotatable bonds is 2. The number of hydrogen-bond donors (Lipinski definition) is 1. The second-order valence-corrected chi connectivity index (χ2v) is 5.86. The van der Waals surface area contributed by atoms with Crippen molar-refractivity contribution < 1.29 is 4.39 Å². The first-order chi connectivity index (χ1) is 8.06. The quantitative estimate of drug-likeness (QED) is 0.868. The normalized spacial score (nSPS) is 19.6. The van der Waals surface area contributed by atoms with Crippen LogP contribution in [0.3, 0.4) is 0 Å². The molecule has 0 amide bonds. The van der Waals surface area contributed by atoms with E-state index in [-0.39, 0.29) is 5.82 Å². The summed E-state index contributed by atoms with van der Waals surface area (Å²) < 4.78 is 13.1. The van der Waals surface area contributed by atoms with Crippen molar-refractivity contribution in [1.29, 1.82) is 0 Å². The van der Waals surface area contributed by atoms with E-state index in [0.717, 1.165) is 17.4 Å². The first kappa shape index (κ1) is 12.4. The van der Waals surface area contributed by atoms with Crippen LogP contribution in [0.25, 0.3) is 0 Å². The van der Waals surface area contributed by atoms with Crippen molar-refractivity contribution in [3.05, 3.63) is 29.6 Å². The highest BCUT2D eigenvalue weighted by Gasteiger charge is 2.22. The van der Waals surface area contributed by atoms with Crippen molar-refractivity contribution in [3.63, 3.8) is 0 Å². The Bertz CT molecular complexity index is 443. The van der Waals surface area contributed by atoms with Gasteiger partial charge in [0, 0.05) is 10.9 Å². The molecular weight excluding hydrogens is 235 g/mol. The minimum atomic E-state index is -0.170. The zero-order chi connectivity index (χ0) is 12.4. The van der Waals surface area contributed by atoms with Crippen molar-refractivity contribution in [3.8, 4) is 0 Å². The van der Waals surface area contributed by atoms with E-state index in [4.69, 9.17) is 0 Å². The predicted octanol–water partition coefficient (Wildman–Crippen LogP) is 3.67. The standard InChI is InChI=1S/C13H17FN2S/c1-8(2)12-7-15-13(17-12)16-10-4-5-11(14)9(3)6-10/h4-6,8,12H,7H2,1-3H3,(H,15,16). The second kappa shape index (κ2) is 5.08. The molecule has 1 N–H and O–H groups in total. The lowest BCUT2D eigenvalue weighted by Crippen LogP contribution is -2.13. The van der Waals surface area contributed by atoms with E-state index in [1.165, 1.54) is 6.07 Å². The van der Waals surface area contributed by atoms with Gasteiger partial charge in [0.1, 0.15) is 5.82 Å². The van der Waals surface area contributed by atoms with Gasteiger partial charge in [-0.15, -0.1) is 0 Å². The number of aliphatic imine (C=N–C) groups is 1. The molecule has 4 heteroatoms. The maximum Gasteiger partial charge on any atom is 0.161 e. The summed E-state index contributed by atoms with van der Waals surface area (Å²) in [6.45, 7) is 7.04. The average Bonchev–Trinajstić information content (AvgIpc) is 2.72. The second-order valence-electron chi connectivity index (χ2n) is 4.64. The molecule has 0 fully saturated rings. The van der Waals surface area contributed by atoms with E-state index in [9.17, 15) is 4.39 Å². The van der Waals surface area contributed by atoms with Gasteiger partial charge in [0.25, 0.3) is 0 Å². The highest BCUT2D eigenvalue weighted by atomic mass is 32.2. The van der Waals surface area contributed by atoms with Crippen molar-refractivity contribution >= 4 is 22.6 Å². The topological polar surface area (TPSA) is 24.4 Å². The van der Waals surface area contributed by atoms with E-state index in [0.29, 0.717) is 16.7 Å². The van der Waals surface area contributed by atoms with Crippen LogP contribution in [0.2, 0.25) is 0 Å². The minimum absolute atomic E-state index is 0.170. The number of aryl methyl sites for hydroxylation is 1. The highest BCUT2D eigenvalue weighted by Crippen LogP contribution is 2.28. The van der Waals surface area contributed by atoms with Gasteiger partial charge in [0.15, 0.2) is 5.17 Å². The van der Waals surface area contributed by atoms with Crippen LogP contribution in [-0.4, -0.2) is 17.0 Å². The van der Waals surface area contributed by atoms with Gasteiger partial charge in [0.2, 0.25) is 0 Å². The fraction of sp³-hybridized carbons (Fsp3) is 0.462. The molecule has 92 valence electrons. The first-order valence-corrected chi connectivity index (χ1v) is 6.68. The summed E-state index contributed by atoms with van der Waals surface area (Å²) in [7, 11) is 0. The number of amidine groups is 1. The lowest BCUT2D eigenvalue weighted by Gasteiger charge is -2.12. The number of anilines is 1. The van der Waals surface area contributed by atoms with E-state index >= 15 is 0 Å². The number of thioether (sulfide) groups is 1. The smallest absolute Gasteiger partial charge is 0.161 e. The number of nitrogens with zero attached hydrogens (tertiary/aromatic N) is 1. The summed E-state index contributed by atoms with van der Waals surface area (Å²) in [5.41, 5.74) is 1.55. The van der Waals surface area contributed by atoms with Crippen molar-refractivity contribution in [2.24, 2.45) is 10.9 Å². The fourth-order valence-corrected chi connectivity index (χ4v) is 2.69. The molecule has 0 saturated heterocycles. The Hall–Kier alpha value is -1.03. The third kappa shape index (κ3) is 3.00. The van der Waals surface area contributed by atoms with E-state index in [1.54, 1.807) is 30.8 Å². The number of benzene rings is 1. The predicted molar refractivity (Wildman–Crippen MR) is 73.3 cm³/mol. The molecule has 0 aliphatic carbocycles. The molecule has 2 rings (SSSR count). The molecule has 1 aliphatic heterocycles. The number of nitrogens with one attached hydrogen (secondary N) is 1. The van der Waals surface area contributed by atoms with E-state index in [1.807, 2.05) is 0 Å².